The van der Waals surface area contributed by atoms with Crippen LogP contribution in [0.5, 0.6) is 0 Å². The SMILES string of the molecule is CN(CCCN)c1nnns1. The maximum absolute atomic E-state index is 5.36. The summed E-state index contributed by atoms with van der Waals surface area (Å²) in [6.07, 6.45) is 0.968. The first kappa shape index (κ1) is 8.35. The van der Waals surface area contributed by atoms with Crippen molar-refractivity contribution >= 4 is 16.7 Å². The molecule has 11 heavy (non-hydrogen) atoms. The van der Waals surface area contributed by atoms with Crippen molar-refractivity contribution < 1.29 is 0 Å². The monoisotopic (exact) mass is 173 g/mol. The van der Waals surface area contributed by atoms with Gasteiger partial charge in [-0.1, -0.05) is 9.59 Å². The predicted molar refractivity (Wildman–Crippen MR) is 44.6 cm³/mol. The van der Waals surface area contributed by atoms with Crippen LogP contribution in [0.15, 0.2) is 0 Å². The molecule has 0 aromatic carbocycles. The van der Waals surface area contributed by atoms with Gasteiger partial charge >= 0.3 is 0 Å². The molecule has 0 amide bonds. The minimum atomic E-state index is 0.705. The zero-order valence-electron chi connectivity index (χ0n) is 6.40. The van der Waals surface area contributed by atoms with E-state index in [9.17, 15) is 0 Å². The van der Waals surface area contributed by atoms with Crippen molar-refractivity contribution in [2.24, 2.45) is 5.73 Å². The van der Waals surface area contributed by atoms with Gasteiger partial charge in [0.05, 0.1) is 0 Å². The van der Waals surface area contributed by atoms with Crippen LogP contribution < -0.4 is 10.6 Å². The van der Waals surface area contributed by atoms with Crippen molar-refractivity contribution in [2.45, 2.75) is 6.42 Å². The highest BCUT2D eigenvalue weighted by Crippen LogP contribution is 2.10. The number of nitrogens with two attached hydrogens (primary N) is 1. The molecule has 6 heteroatoms. The van der Waals surface area contributed by atoms with Gasteiger partial charge in [-0.25, -0.2) is 0 Å². The Bertz CT molecular complexity index is 187. The molecule has 62 valence electrons. The Labute approximate surface area is 69.4 Å². The maximum Gasteiger partial charge on any atom is 0.227 e. The molecule has 0 radical (unpaired) electrons. The van der Waals surface area contributed by atoms with Gasteiger partial charge in [0.2, 0.25) is 5.13 Å². The standard InChI is InChI=1S/C5H11N5S/c1-10(4-2-3-6)5-7-8-9-11-5/h2-4,6H2,1H3. The van der Waals surface area contributed by atoms with E-state index in [-0.39, 0.29) is 0 Å². The molecule has 1 rings (SSSR count). The fourth-order valence-corrected chi connectivity index (χ4v) is 1.15. The second-order valence-electron chi connectivity index (χ2n) is 2.21. The van der Waals surface area contributed by atoms with Crippen LogP contribution >= 0.6 is 11.5 Å². The average Bonchev–Trinajstić information content (AvgIpc) is 2.52. The molecule has 2 N–H and O–H groups in total. The summed E-state index contributed by atoms with van der Waals surface area (Å²) in [4.78, 5) is 2.00. The second-order valence-corrected chi connectivity index (χ2v) is 2.92. The van der Waals surface area contributed by atoms with Gasteiger partial charge in [0.15, 0.2) is 0 Å². The molecular weight excluding hydrogens is 162 g/mol. The van der Waals surface area contributed by atoms with Crippen molar-refractivity contribution in [2.75, 3.05) is 25.0 Å². The first-order valence-electron chi connectivity index (χ1n) is 3.41. The lowest BCUT2D eigenvalue weighted by atomic mass is 10.4. The van der Waals surface area contributed by atoms with Gasteiger partial charge in [0, 0.05) is 25.1 Å². The Morgan fingerprint density at radius 1 is 1.64 bits per heavy atom. The lowest BCUT2D eigenvalue weighted by molar-refractivity contribution is 0.785. The Kier molecular flexibility index (Phi) is 3.18. The summed E-state index contributed by atoms with van der Waals surface area (Å²) in [5, 5.41) is 8.15. The Morgan fingerprint density at radius 3 is 3.00 bits per heavy atom. The minimum Gasteiger partial charge on any atom is -0.348 e. The Morgan fingerprint density at radius 2 is 2.45 bits per heavy atom. The summed E-state index contributed by atoms with van der Waals surface area (Å²) in [7, 11) is 1.96. The van der Waals surface area contributed by atoms with Crippen LogP contribution in [0.4, 0.5) is 5.13 Å². The Balaban J connectivity index is 2.36. The Hall–Kier alpha value is -0.750. The van der Waals surface area contributed by atoms with Gasteiger partial charge in [-0.15, -0.1) is 0 Å². The van der Waals surface area contributed by atoms with Crippen molar-refractivity contribution in [1.29, 1.82) is 0 Å². The molecule has 0 aliphatic rings. The summed E-state index contributed by atoms with van der Waals surface area (Å²) in [6.45, 7) is 1.62. The van der Waals surface area contributed by atoms with E-state index in [2.05, 4.69) is 14.8 Å². The maximum atomic E-state index is 5.36. The van der Waals surface area contributed by atoms with Crippen LogP contribution in [-0.2, 0) is 0 Å². The lowest BCUT2D eigenvalue weighted by Gasteiger charge is -2.12. The smallest absolute Gasteiger partial charge is 0.227 e. The molecule has 1 aromatic rings. The molecule has 5 nitrogen and oxygen atoms in total. The first-order chi connectivity index (χ1) is 5.34. The van der Waals surface area contributed by atoms with Gasteiger partial charge in [-0.2, -0.15) is 0 Å². The van der Waals surface area contributed by atoms with Crippen LogP contribution in [0.1, 0.15) is 6.42 Å². The van der Waals surface area contributed by atoms with Gasteiger partial charge in [0.1, 0.15) is 0 Å². The lowest BCUT2D eigenvalue weighted by Crippen LogP contribution is -2.20. The van der Waals surface area contributed by atoms with Crippen molar-refractivity contribution in [1.82, 2.24) is 14.8 Å². The van der Waals surface area contributed by atoms with E-state index in [1.165, 1.54) is 11.5 Å². The highest BCUT2D eigenvalue weighted by molar-refractivity contribution is 7.09. The van der Waals surface area contributed by atoms with Crippen molar-refractivity contribution in [3.05, 3.63) is 0 Å². The normalized spacial score (nSPS) is 10.0. The van der Waals surface area contributed by atoms with E-state index < -0.39 is 0 Å². The van der Waals surface area contributed by atoms with E-state index >= 15 is 0 Å². The summed E-state index contributed by atoms with van der Waals surface area (Å²) in [5.41, 5.74) is 5.36. The predicted octanol–water partition coefficient (Wildman–Crippen LogP) is -0.282. The molecule has 0 bridgehead atoms. The largest absolute Gasteiger partial charge is 0.348 e. The molecule has 0 spiro atoms. The summed E-state index contributed by atoms with van der Waals surface area (Å²) in [5.74, 6) is 0. The zero-order chi connectivity index (χ0) is 8.10. The van der Waals surface area contributed by atoms with E-state index in [1.807, 2.05) is 11.9 Å². The summed E-state index contributed by atoms with van der Waals surface area (Å²) < 4.78 is 3.66. The van der Waals surface area contributed by atoms with Crippen LogP contribution in [0, 0.1) is 0 Å². The summed E-state index contributed by atoms with van der Waals surface area (Å²) in [6, 6.07) is 0. The fourth-order valence-electron chi connectivity index (χ4n) is 0.700. The molecule has 0 unspecified atom stereocenters. The van der Waals surface area contributed by atoms with E-state index in [0.29, 0.717) is 6.54 Å². The van der Waals surface area contributed by atoms with Crippen LogP contribution in [0.25, 0.3) is 0 Å². The number of hydrogen-bond donors (Lipinski definition) is 1. The molecule has 0 saturated carbocycles. The fraction of sp³-hybridized carbons (Fsp3) is 0.800. The highest BCUT2D eigenvalue weighted by atomic mass is 32.1. The molecule has 0 saturated heterocycles. The van der Waals surface area contributed by atoms with Crippen molar-refractivity contribution in [3.8, 4) is 0 Å². The number of rotatable bonds is 4. The van der Waals surface area contributed by atoms with Gasteiger partial charge in [0.25, 0.3) is 0 Å². The van der Waals surface area contributed by atoms with Crippen LogP contribution in [0.2, 0.25) is 0 Å². The molecule has 1 aromatic heterocycles. The summed E-state index contributed by atoms with van der Waals surface area (Å²) >= 11 is 1.29. The first-order valence-corrected chi connectivity index (χ1v) is 4.18. The molecule has 0 atom stereocenters. The van der Waals surface area contributed by atoms with Gasteiger partial charge in [-0.3, -0.25) is 0 Å². The third kappa shape index (κ3) is 2.39. The number of nitrogens with zero attached hydrogens (tertiary/aromatic N) is 4. The van der Waals surface area contributed by atoms with E-state index in [4.69, 9.17) is 5.73 Å². The van der Waals surface area contributed by atoms with E-state index in [0.717, 1.165) is 18.1 Å². The topological polar surface area (TPSA) is 67.9 Å². The quantitative estimate of drug-likeness (QED) is 0.678. The number of aromatic nitrogens is 3. The molecule has 0 aliphatic carbocycles. The molecule has 0 aliphatic heterocycles. The van der Waals surface area contributed by atoms with Crippen molar-refractivity contribution in [3.63, 3.8) is 0 Å². The number of anilines is 1. The van der Waals surface area contributed by atoms with Gasteiger partial charge < -0.3 is 10.6 Å². The van der Waals surface area contributed by atoms with E-state index in [1.54, 1.807) is 0 Å². The number of hydrogen-bond acceptors (Lipinski definition) is 6. The average molecular weight is 173 g/mol. The molecular formula is C5H11N5S. The highest BCUT2D eigenvalue weighted by Gasteiger charge is 2.02. The van der Waals surface area contributed by atoms with Crippen LogP contribution in [-0.4, -0.2) is 34.9 Å². The third-order valence-corrected chi connectivity index (χ3v) is 2.02. The molecule has 0 fully saturated rings. The second kappa shape index (κ2) is 4.20. The zero-order valence-corrected chi connectivity index (χ0v) is 7.21. The molecule has 1 heterocycles. The third-order valence-electron chi connectivity index (χ3n) is 1.31. The van der Waals surface area contributed by atoms with Crippen LogP contribution in [0.3, 0.4) is 0 Å². The van der Waals surface area contributed by atoms with Gasteiger partial charge in [-0.05, 0) is 18.2 Å². The minimum absolute atomic E-state index is 0.705.